The summed E-state index contributed by atoms with van der Waals surface area (Å²) in [7, 11) is -3.25. The molecule has 0 saturated heterocycles. The molecule has 1 aromatic carbocycles. The molecule has 72 valence electrons. The first-order chi connectivity index (χ1) is 5.91. The Balaban J connectivity index is 3.08. The van der Waals surface area contributed by atoms with Crippen molar-refractivity contribution in [2.45, 2.75) is 4.90 Å². The Morgan fingerprint density at radius 2 is 1.77 bits per heavy atom. The predicted molar refractivity (Wildman–Crippen MR) is 47.2 cm³/mol. The lowest BCUT2D eigenvalue weighted by atomic mass is 10.3. The summed E-state index contributed by atoms with van der Waals surface area (Å²) in [5.74, 6) is 0. The van der Waals surface area contributed by atoms with E-state index in [0.717, 1.165) is 6.26 Å². The molecular weight excluding hydrogens is 194 g/mol. The van der Waals surface area contributed by atoms with Crippen molar-refractivity contribution < 1.29 is 13.6 Å². The molecule has 0 aliphatic rings. The van der Waals surface area contributed by atoms with Crippen LogP contribution in [0.15, 0.2) is 29.2 Å². The zero-order chi connectivity index (χ0) is 10.1. The van der Waals surface area contributed by atoms with E-state index in [-0.39, 0.29) is 15.8 Å². The summed E-state index contributed by atoms with van der Waals surface area (Å²) < 4.78 is 21.9. The fourth-order valence-corrected chi connectivity index (χ4v) is 1.45. The topological polar surface area (TPSA) is 80.7 Å². The van der Waals surface area contributed by atoms with Crippen molar-refractivity contribution >= 4 is 15.5 Å². The summed E-state index contributed by atoms with van der Waals surface area (Å²) in [6.07, 6.45) is 1.07. The SMILES string of the molecule is CS(=O)(=O)c1ccc(N([O-])O)cc1. The predicted octanol–water partition coefficient (Wildman–Crippen LogP) is 0.784. The van der Waals surface area contributed by atoms with Crippen LogP contribution in [0.5, 0.6) is 0 Å². The normalized spacial score (nSPS) is 11.3. The van der Waals surface area contributed by atoms with Crippen molar-refractivity contribution in [1.29, 1.82) is 0 Å². The van der Waals surface area contributed by atoms with E-state index >= 15 is 0 Å². The summed E-state index contributed by atoms with van der Waals surface area (Å²) in [6, 6.07) is 4.96. The van der Waals surface area contributed by atoms with Crippen LogP contribution in [0.2, 0.25) is 0 Å². The lowest BCUT2D eigenvalue weighted by Gasteiger charge is -2.21. The number of nitrogens with zero attached hydrogens (tertiary/aromatic N) is 1. The molecule has 1 N–H and O–H groups in total. The second-order valence-corrected chi connectivity index (χ2v) is 4.55. The Hall–Kier alpha value is -1.11. The van der Waals surface area contributed by atoms with Gasteiger partial charge in [0, 0.05) is 6.26 Å². The maximum Gasteiger partial charge on any atom is 0.175 e. The molecule has 1 aromatic rings. The molecule has 0 fully saturated rings. The Labute approximate surface area is 75.7 Å². The van der Waals surface area contributed by atoms with Gasteiger partial charge in [-0.15, -0.1) is 0 Å². The number of benzene rings is 1. The van der Waals surface area contributed by atoms with Gasteiger partial charge in [0.15, 0.2) is 9.84 Å². The van der Waals surface area contributed by atoms with Gasteiger partial charge in [-0.1, -0.05) is 0 Å². The van der Waals surface area contributed by atoms with Gasteiger partial charge in [-0.25, -0.2) is 8.42 Å². The minimum Gasteiger partial charge on any atom is -0.733 e. The van der Waals surface area contributed by atoms with E-state index in [0.29, 0.717) is 0 Å². The number of anilines is 1. The van der Waals surface area contributed by atoms with Crippen LogP contribution in [0, 0.1) is 5.21 Å². The van der Waals surface area contributed by atoms with E-state index in [1.165, 1.54) is 24.3 Å². The lowest BCUT2D eigenvalue weighted by molar-refractivity contribution is 0.296. The van der Waals surface area contributed by atoms with E-state index in [2.05, 4.69) is 0 Å². The lowest BCUT2D eigenvalue weighted by Crippen LogP contribution is -2.07. The molecule has 0 spiro atoms. The number of sulfone groups is 1. The zero-order valence-corrected chi connectivity index (χ0v) is 7.65. The van der Waals surface area contributed by atoms with Crippen LogP contribution >= 0.6 is 0 Å². The van der Waals surface area contributed by atoms with E-state index in [9.17, 15) is 13.6 Å². The fourth-order valence-electron chi connectivity index (χ4n) is 0.821. The van der Waals surface area contributed by atoms with E-state index < -0.39 is 9.84 Å². The van der Waals surface area contributed by atoms with Gasteiger partial charge in [-0.2, -0.15) is 0 Å². The largest absolute Gasteiger partial charge is 0.733 e. The van der Waals surface area contributed by atoms with Crippen molar-refractivity contribution in [1.82, 2.24) is 0 Å². The van der Waals surface area contributed by atoms with Crippen LogP contribution in [-0.2, 0) is 9.84 Å². The van der Waals surface area contributed by atoms with Gasteiger partial charge in [0.05, 0.1) is 10.6 Å². The second-order valence-electron chi connectivity index (χ2n) is 2.54. The highest BCUT2D eigenvalue weighted by molar-refractivity contribution is 7.90. The van der Waals surface area contributed by atoms with Crippen LogP contribution in [0.1, 0.15) is 0 Å². The van der Waals surface area contributed by atoms with Crippen LogP contribution in [0.25, 0.3) is 0 Å². The van der Waals surface area contributed by atoms with E-state index in [1.807, 2.05) is 0 Å². The summed E-state index contributed by atoms with van der Waals surface area (Å²) in [4.78, 5) is 0.109. The molecule has 0 amide bonds. The van der Waals surface area contributed by atoms with Gasteiger partial charge < -0.3 is 10.4 Å². The number of rotatable bonds is 2. The minimum atomic E-state index is -3.25. The van der Waals surface area contributed by atoms with Crippen LogP contribution < -0.4 is 5.23 Å². The van der Waals surface area contributed by atoms with Gasteiger partial charge in [-0.05, 0) is 24.3 Å². The first kappa shape index (κ1) is 9.97. The first-order valence-corrected chi connectivity index (χ1v) is 5.26. The summed E-state index contributed by atoms with van der Waals surface area (Å²) in [5.41, 5.74) is -0.00704. The summed E-state index contributed by atoms with van der Waals surface area (Å²) in [5, 5.41) is 18.4. The standard InChI is InChI=1S/C7H8NO4S/c1-13(11,12)7-4-2-6(3-5-7)8(9)10/h2-5,9H,1H3/q-1. The summed E-state index contributed by atoms with van der Waals surface area (Å²) >= 11 is 0. The molecular formula is C7H8NO4S-. The highest BCUT2D eigenvalue weighted by Gasteiger charge is 2.05. The fraction of sp³-hybridized carbons (Fsp3) is 0.143. The number of hydrogen-bond acceptors (Lipinski definition) is 5. The van der Waals surface area contributed by atoms with Gasteiger partial charge in [0.2, 0.25) is 0 Å². The highest BCUT2D eigenvalue weighted by atomic mass is 32.2. The molecule has 0 radical (unpaired) electrons. The van der Waals surface area contributed by atoms with Gasteiger partial charge in [-0.3, -0.25) is 5.21 Å². The van der Waals surface area contributed by atoms with Crippen LogP contribution in [-0.4, -0.2) is 19.9 Å². The van der Waals surface area contributed by atoms with Gasteiger partial charge in [0.1, 0.15) is 0 Å². The van der Waals surface area contributed by atoms with Crippen molar-refractivity contribution in [3.63, 3.8) is 0 Å². The monoisotopic (exact) mass is 202 g/mol. The minimum absolute atomic E-state index is 0.00704. The van der Waals surface area contributed by atoms with Gasteiger partial charge >= 0.3 is 0 Å². The third-order valence-electron chi connectivity index (χ3n) is 1.49. The zero-order valence-electron chi connectivity index (χ0n) is 6.84. The van der Waals surface area contributed by atoms with Crippen LogP contribution in [0.3, 0.4) is 0 Å². The van der Waals surface area contributed by atoms with E-state index in [4.69, 9.17) is 5.21 Å². The molecule has 1 rings (SSSR count). The van der Waals surface area contributed by atoms with Crippen molar-refractivity contribution in [2.75, 3.05) is 11.5 Å². The molecule has 13 heavy (non-hydrogen) atoms. The number of hydrogen-bond donors (Lipinski definition) is 1. The molecule has 5 nitrogen and oxygen atoms in total. The third-order valence-corrected chi connectivity index (χ3v) is 2.61. The highest BCUT2D eigenvalue weighted by Crippen LogP contribution is 2.15. The van der Waals surface area contributed by atoms with Gasteiger partial charge in [0.25, 0.3) is 0 Å². The Bertz CT molecular complexity index is 381. The average molecular weight is 202 g/mol. The molecule has 0 bridgehead atoms. The van der Waals surface area contributed by atoms with Crippen molar-refractivity contribution in [3.05, 3.63) is 29.5 Å². The van der Waals surface area contributed by atoms with E-state index in [1.54, 1.807) is 0 Å². The molecule has 0 aliphatic carbocycles. The van der Waals surface area contributed by atoms with Crippen LogP contribution in [0.4, 0.5) is 5.69 Å². The summed E-state index contributed by atoms with van der Waals surface area (Å²) in [6.45, 7) is 0. The Morgan fingerprint density at radius 3 is 2.08 bits per heavy atom. The quantitative estimate of drug-likeness (QED) is 0.717. The molecule has 0 heterocycles. The first-order valence-electron chi connectivity index (χ1n) is 3.37. The molecule has 0 atom stereocenters. The molecule has 0 saturated carbocycles. The third kappa shape index (κ3) is 2.41. The Morgan fingerprint density at radius 1 is 1.31 bits per heavy atom. The van der Waals surface area contributed by atoms with Crippen molar-refractivity contribution in [3.8, 4) is 0 Å². The van der Waals surface area contributed by atoms with Crippen molar-refractivity contribution in [2.24, 2.45) is 0 Å². The maximum absolute atomic E-state index is 11.0. The molecule has 0 unspecified atom stereocenters. The average Bonchev–Trinajstić information content (AvgIpc) is 2.03. The molecule has 0 aliphatic heterocycles. The Kier molecular flexibility index (Phi) is 2.55. The molecule has 0 aromatic heterocycles. The smallest absolute Gasteiger partial charge is 0.175 e. The molecule has 6 heteroatoms. The maximum atomic E-state index is 11.0. The second kappa shape index (κ2) is 3.33.